The molecule has 170 valence electrons. The Kier molecular flexibility index (Phi) is 7.43. The van der Waals surface area contributed by atoms with E-state index >= 15 is 0 Å². The second-order valence-corrected chi connectivity index (χ2v) is 8.79. The molecule has 0 bridgehead atoms. The first kappa shape index (κ1) is 22.3. The van der Waals surface area contributed by atoms with Crippen LogP contribution >= 0.6 is 0 Å². The number of imidazole rings is 1. The Morgan fingerprint density at radius 1 is 1.09 bits per heavy atom. The molecule has 1 aliphatic rings. The number of hydrogen-bond donors (Lipinski definition) is 2. The van der Waals surface area contributed by atoms with Crippen LogP contribution in [0.25, 0.3) is 5.65 Å². The Bertz CT molecular complexity index is 1050. The number of aromatic nitrogens is 2. The Morgan fingerprint density at radius 3 is 2.62 bits per heavy atom. The minimum absolute atomic E-state index is 0.471. The maximum absolute atomic E-state index is 4.83. The lowest BCUT2D eigenvalue weighted by Crippen LogP contribution is -2.48. The van der Waals surface area contributed by atoms with Gasteiger partial charge in [-0.2, -0.15) is 0 Å². The molecule has 4 rings (SSSR count). The first-order valence-corrected chi connectivity index (χ1v) is 11.9. The predicted octanol–water partition coefficient (Wildman–Crippen LogP) is 3.71. The van der Waals surface area contributed by atoms with Crippen LogP contribution < -0.4 is 10.6 Å². The van der Waals surface area contributed by atoms with Gasteiger partial charge in [-0.1, -0.05) is 30.3 Å². The van der Waals surface area contributed by atoms with Crippen LogP contribution in [-0.2, 0) is 13.0 Å². The van der Waals surface area contributed by atoms with Gasteiger partial charge in [-0.25, -0.2) is 4.98 Å². The normalized spacial score (nSPS) is 15.9. The molecule has 32 heavy (non-hydrogen) atoms. The lowest BCUT2D eigenvalue weighted by molar-refractivity contribution is 0.198. The SMILES string of the molecule is CCNC(=NCCc1cn2cccc(C)c2n1)NC1CCN(Cc2ccccc2C)CC1. The number of benzene rings is 1. The molecule has 1 fully saturated rings. The third-order valence-corrected chi connectivity index (χ3v) is 6.29. The van der Waals surface area contributed by atoms with Gasteiger partial charge in [0.25, 0.3) is 0 Å². The molecule has 0 amide bonds. The fourth-order valence-corrected chi connectivity index (χ4v) is 4.38. The average Bonchev–Trinajstić information content (AvgIpc) is 3.21. The number of hydrogen-bond acceptors (Lipinski definition) is 3. The number of aryl methyl sites for hydroxylation is 2. The highest BCUT2D eigenvalue weighted by Gasteiger charge is 2.20. The summed E-state index contributed by atoms with van der Waals surface area (Å²) in [4.78, 5) is 12.2. The molecule has 2 N–H and O–H groups in total. The number of piperidine rings is 1. The molecular formula is C26H36N6. The molecule has 6 nitrogen and oxygen atoms in total. The summed E-state index contributed by atoms with van der Waals surface area (Å²) in [5.41, 5.74) is 6.15. The Balaban J connectivity index is 1.28. The van der Waals surface area contributed by atoms with E-state index in [0.29, 0.717) is 6.04 Å². The lowest BCUT2D eigenvalue weighted by Gasteiger charge is -2.33. The Hall–Kier alpha value is -2.86. The van der Waals surface area contributed by atoms with Gasteiger partial charge in [-0.15, -0.1) is 0 Å². The van der Waals surface area contributed by atoms with Crippen molar-refractivity contribution in [3.05, 3.63) is 71.2 Å². The summed E-state index contributed by atoms with van der Waals surface area (Å²) in [6.45, 7) is 11.3. The van der Waals surface area contributed by atoms with Crippen molar-refractivity contribution in [2.24, 2.45) is 4.99 Å². The molecule has 0 saturated carbocycles. The first-order chi connectivity index (χ1) is 15.6. The van der Waals surface area contributed by atoms with Gasteiger partial charge >= 0.3 is 0 Å². The van der Waals surface area contributed by atoms with Gasteiger partial charge in [-0.05, 0) is 56.4 Å². The van der Waals surface area contributed by atoms with Gasteiger partial charge in [0.05, 0.1) is 5.69 Å². The quantitative estimate of drug-likeness (QED) is 0.441. The number of guanidine groups is 1. The number of nitrogens with zero attached hydrogens (tertiary/aromatic N) is 4. The summed E-state index contributed by atoms with van der Waals surface area (Å²) in [6, 6.07) is 13.3. The minimum atomic E-state index is 0.471. The second-order valence-electron chi connectivity index (χ2n) is 8.79. The van der Waals surface area contributed by atoms with E-state index in [4.69, 9.17) is 9.98 Å². The van der Waals surface area contributed by atoms with Crippen molar-refractivity contribution < 1.29 is 0 Å². The molecular weight excluding hydrogens is 396 g/mol. The zero-order chi connectivity index (χ0) is 22.3. The third kappa shape index (κ3) is 5.68. The summed E-state index contributed by atoms with van der Waals surface area (Å²) >= 11 is 0. The van der Waals surface area contributed by atoms with Crippen molar-refractivity contribution in [3.8, 4) is 0 Å². The second kappa shape index (κ2) is 10.6. The van der Waals surface area contributed by atoms with E-state index in [-0.39, 0.29) is 0 Å². The number of pyridine rings is 1. The summed E-state index contributed by atoms with van der Waals surface area (Å²) < 4.78 is 2.10. The van der Waals surface area contributed by atoms with Crippen molar-refractivity contribution in [3.63, 3.8) is 0 Å². The van der Waals surface area contributed by atoms with Crippen LogP contribution in [0.1, 0.15) is 42.1 Å². The maximum atomic E-state index is 4.83. The van der Waals surface area contributed by atoms with Crippen LogP contribution in [0.3, 0.4) is 0 Å². The summed E-state index contributed by atoms with van der Waals surface area (Å²) in [5, 5.41) is 7.07. The minimum Gasteiger partial charge on any atom is -0.357 e. The van der Waals surface area contributed by atoms with E-state index in [1.54, 1.807) is 0 Å². The molecule has 3 heterocycles. The van der Waals surface area contributed by atoms with Crippen molar-refractivity contribution in [2.75, 3.05) is 26.2 Å². The van der Waals surface area contributed by atoms with E-state index in [2.05, 4.69) is 89.5 Å². The molecule has 0 aliphatic carbocycles. The predicted molar refractivity (Wildman–Crippen MR) is 132 cm³/mol. The van der Waals surface area contributed by atoms with Gasteiger partial charge in [0.1, 0.15) is 5.65 Å². The zero-order valence-electron chi connectivity index (χ0n) is 19.6. The van der Waals surface area contributed by atoms with Gasteiger partial charge in [0.2, 0.25) is 0 Å². The Labute approximate surface area is 191 Å². The standard InChI is InChI=1S/C26H36N6/c1-4-27-26(28-14-11-24-19-32-15-7-9-21(3)25(32)29-24)30-23-12-16-31(17-13-23)18-22-10-6-5-8-20(22)2/h5-10,15,19,23H,4,11-14,16-18H2,1-3H3,(H2,27,28,30). The van der Waals surface area contributed by atoms with E-state index in [9.17, 15) is 0 Å². The fourth-order valence-electron chi connectivity index (χ4n) is 4.38. The molecule has 2 aromatic heterocycles. The molecule has 3 aromatic rings. The highest BCUT2D eigenvalue weighted by atomic mass is 15.2. The van der Waals surface area contributed by atoms with Crippen molar-refractivity contribution in [1.82, 2.24) is 24.9 Å². The molecule has 1 aliphatic heterocycles. The van der Waals surface area contributed by atoms with Crippen LogP contribution in [0.15, 0.2) is 53.8 Å². The zero-order valence-corrected chi connectivity index (χ0v) is 19.6. The number of likely N-dealkylation sites (tertiary alicyclic amines) is 1. The average molecular weight is 433 g/mol. The van der Waals surface area contributed by atoms with Crippen molar-refractivity contribution in [2.45, 2.75) is 52.6 Å². The van der Waals surface area contributed by atoms with Crippen molar-refractivity contribution >= 4 is 11.6 Å². The van der Waals surface area contributed by atoms with Gasteiger partial charge < -0.3 is 15.0 Å². The smallest absolute Gasteiger partial charge is 0.191 e. The number of aliphatic imine (C=N–C) groups is 1. The lowest BCUT2D eigenvalue weighted by atomic mass is 10.0. The molecule has 1 saturated heterocycles. The number of fused-ring (bicyclic) bond motifs is 1. The van der Waals surface area contributed by atoms with Gasteiger partial charge in [0.15, 0.2) is 5.96 Å². The van der Waals surface area contributed by atoms with E-state index in [1.807, 2.05) is 0 Å². The van der Waals surface area contributed by atoms with Gasteiger partial charge in [-0.3, -0.25) is 9.89 Å². The third-order valence-electron chi connectivity index (χ3n) is 6.29. The van der Waals surface area contributed by atoms with Crippen LogP contribution in [0.2, 0.25) is 0 Å². The molecule has 0 radical (unpaired) electrons. The van der Waals surface area contributed by atoms with Crippen LogP contribution in [0.4, 0.5) is 0 Å². The molecule has 0 unspecified atom stereocenters. The van der Waals surface area contributed by atoms with Crippen LogP contribution in [0.5, 0.6) is 0 Å². The number of nitrogens with one attached hydrogen (secondary N) is 2. The van der Waals surface area contributed by atoms with Crippen molar-refractivity contribution in [1.29, 1.82) is 0 Å². The largest absolute Gasteiger partial charge is 0.357 e. The Morgan fingerprint density at radius 2 is 1.88 bits per heavy atom. The fraction of sp³-hybridized carbons (Fsp3) is 0.462. The molecule has 0 spiro atoms. The number of rotatable bonds is 7. The monoisotopic (exact) mass is 432 g/mol. The summed E-state index contributed by atoms with van der Waals surface area (Å²) in [6.07, 6.45) is 7.29. The van der Waals surface area contributed by atoms with E-state index in [1.165, 1.54) is 16.7 Å². The topological polar surface area (TPSA) is 57.0 Å². The highest BCUT2D eigenvalue weighted by molar-refractivity contribution is 5.80. The van der Waals surface area contributed by atoms with E-state index < -0.39 is 0 Å². The molecule has 6 heteroatoms. The maximum Gasteiger partial charge on any atom is 0.191 e. The highest BCUT2D eigenvalue weighted by Crippen LogP contribution is 2.16. The molecule has 0 atom stereocenters. The van der Waals surface area contributed by atoms with Gasteiger partial charge in [0, 0.05) is 57.6 Å². The summed E-state index contributed by atoms with van der Waals surface area (Å²) in [5.74, 6) is 0.921. The first-order valence-electron chi connectivity index (χ1n) is 11.9. The van der Waals surface area contributed by atoms with Crippen LogP contribution in [-0.4, -0.2) is 52.5 Å². The summed E-state index contributed by atoms with van der Waals surface area (Å²) in [7, 11) is 0. The molecule has 1 aromatic carbocycles. The van der Waals surface area contributed by atoms with E-state index in [0.717, 1.165) is 69.3 Å². The van der Waals surface area contributed by atoms with Crippen LogP contribution in [0, 0.1) is 13.8 Å².